The highest BCUT2D eigenvalue weighted by Gasteiger charge is 2.28. The number of hydrogen-bond acceptors (Lipinski definition) is 6. The van der Waals surface area contributed by atoms with Crippen molar-refractivity contribution in [2.45, 2.75) is 32.5 Å². The van der Waals surface area contributed by atoms with E-state index in [9.17, 15) is 13.6 Å². The second-order valence-electron chi connectivity index (χ2n) is 8.16. The average molecular weight is 439 g/mol. The van der Waals surface area contributed by atoms with Crippen LogP contribution in [0.4, 0.5) is 8.78 Å². The third-order valence-electron chi connectivity index (χ3n) is 6.15. The fourth-order valence-electron chi connectivity index (χ4n) is 4.41. The number of nitrogens with zero attached hydrogens (tertiary/aromatic N) is 4. The van der Waals surface area contributed by atoms with Crippen LogP contribution in [0.3, 0.4) is 0 Å². The molecule has 1 saturated heterocycles. The van der Waals surface area contributed by atoms with Gasteiger partial charge in [-0.25, -0.2) is 23.5 Å². The van der Waals surface area contributed by atoms with E-state index in [2.05, 4.69) is 27.1 Å². The van der Waals surface area contributed by atoms with E-state index >= 15 is 0 Å². The number of nitrogens with one attached hydrogen (secondary N) is 1. The second-order valence-corrected chi connectivity index (χ2v) is 8.16. The van der Waals surface area contributed by atoms with Crippen molar-refractivity contribution in [1.82, 2.24) is 24.8 Å². The predicted octanol–water partition coefficient (Wildman–Crippen LogP) is 3.33. The number of benzene rings is 1. The number of alkyl halides is 2. The van der Waals surface area contributed by atoms with Crippen LogP contribution in [0.25, 0.3) is 5.82 Å². The zero-order valence-electron chi connectivity index (χ0n) is 17.6. The number of cyclic esters (lactones) is 1. The van der Waals surface area contributed by atoms with Gasteiger partial charge in [-0.1, -0.05) is 12.1 Å². The Hall–Kier alpha value is -3.17. The molecule has 32 heavy (non-hydrogen) atoms. The number of halogens is 2. The maximum atomic E-state index is 12.8. The number of rotatable bonds is 5. The summed E-state index contributed by atoms with van der Waals surface area (Å²) >= 11 is 0. The van der Waals surface area contributed by atoms with Crippen LogP contribution in [0.1, 0.15) is 50.8 Å². The number of pyridine rings is 1. The van der Waals surface area contributed by atoms with Crippen LogP contribution in [0, 0.1) is 6.92 Å². The van der Waals surface area contributed by atoms with Gasteiger partial charge in [-0.15, -0.1) is 0 Å². The van der Waals surface area contributed by atoms with Crippen molar-refractivity contribution >= 4 is 5.97 Å². The number of carbonyl (C=O) groups is 1. The standard InChI is InChI=1S/C23H23F2N5O2/c1-14-16(3-4-17-18(14)12-32-23(17)31)19-10-29(7-6-26-19)9-15-2-5-21(27-8-15)30-11-20(22(24)25)28-13-30/h2-5,8,11,13,19,22,26H,6-7,9-10,12H2,1H3. The lowest BCUT2D eigenvalue weighted by Gasteiger charge is -2.34. The molecule has 0 bridgehead atoms. The highest BCUT2D eigenvalue weighted by molar-refractivity contribution is 5.94. The molecule has 2 aliphatic rings. The van der Waals surface area contributed by atoms with Gasteiger partial charge in [0.25, 0.3) is 6.43 Å². The molecule has 1 fully saturated rings. The Balaban J connectivity index is 1.27. The molecular weight excluding hydrogens is 416 g/mol. The molecule has 0 saturated carbocycles. The van der Waals surface area contributed by atoms with Crippen molar-refractivity contribution < 1.29 is 18.3 Å². The lowest BCUT2D eigenvalue weighted by molar-refractivity contribution is 0.0535. The van der Waals surface area contributed by atoms with Gasteiger partial charge in [-0.05, 0) is 35.7 Å². The first kappa shape index (κ1) is 20.7. The van der Waals surface area contributed by atoms with Gasteiger partial charge in [0.1, 0.15) is 24.4 Å². The topological polar surface area (TPSA) is 72.3 Å². The van der Waals surface area contributed by atoms with Crippen LogP contribution in [0.5, 0.6) is 0 Å². The van der Waals surface area contributed by atoms with Crippen molar-refractivity contribution in [3.8, 4) is 5.82 Å². The summed E-state index contributed by atoms with van der Waals surface area (Å²) in [5, 5.41) is 3.58. The first-order chi connectivity index (χ1) is 15.5. The van der Waals surface area contributed by atoms with Crippen LogP contribution < -0.4 is 5.32 Å². The number of esters is 1. The number of aromatic nitrogens is 3. The third-order valence-corrected chi connectivity index (χ3v) is 6.15. The molecule has 2 aliphatic heterocycles. The highest BCUT2D eigenvalue weighted by atomic mass is 19.3. The number of carbonyl (C=O) groups excluding carboxylic acids is 1. The number of fused-ring (bicyclic) bond motifs is 1. The minimum atomic E-state index is -2.60. The smallest absolute Gasteiger partial charge is 0.338 e. The Kier molecular flexibility index (Phi) is 5.44. The largest absolute Gasteiger partial charge is 0.457 e. The molecule has 5 rings (SSSR count). The van der Waals surface area contributed by atoms with Gasteiger partial charge < -0.3 is 10.1 Å². The van der Waals surface area contributed by atoms with E-state index in [1.807, 2.05) is 24.3 Å². The Bertz CT molecular complexity index is 1150. The summed E-state index contributed by atoms with van der Waals surface area (Å²) in [6.45, 7) is 5.72. The maximum absolute atomic E-state index is 12.8. The van der Waals surface area contributed by atoms with Gasteiger partial charge in [0, 0.05) is 50.2 Å². The molecular formula is C23H23F2N5O2. The normalized spacial score (nSPS) is 18.8. The van der Waals surface area contributed by atoms with Crippen molar-refractivity contribution in [1.29, 1.82) is 0 Å². The summed E-state index contributed by atoms with van der Waals surface area (Å²) in [5.41, 5.74) is 4.75. The van der Waals surface area contributed by atoms with Gasteiger partial charge >= 0.3 is 5.97 Å². The molecule has 3 aromatic rings. The molecule has 9 heteroatoms. The summed E-state index contributed by atoms with van der Waals surface area (Å²) in [6, 6.07) is 7.83. The molecule has 166 valence electrons. The Morgan fingerprint density at radius 2 is 2.12 bits per heavy atom. The van der Waals surface area contributed by atoms with Crippen molar-refractivity contribution in [3.05, 3.63) is 76.5 Å². The van der Waals surface area contributed by atoms with Gasteiger partial charge in [-0.2, -0.15) is 0 Å². The molecule has 0 aliphatic carbocycles. The van der Waals surface area contributed by atoms with Crippen molar-refractivity contribution in [3.63, 3.8) is 0 Å². The maximum Gasteiger partial charge on any atom is 0.338 e. The Labute approximate surface area is 184 Å². The van der Waals surface area contributed by atoms with E-state index in [0.29, 0.717) is 18.0 Å². The van der Waals surface area contributed by atoms with Crippen LogP contribution in [-0.2, 0) is 17.9 Å². The van der Waals surface area contributed by atoms with Gasteiger partial charge in [0.15, 0.2) is 0 Å². The summed E-state index contributed by atoms with van der Waals surface area (Å²) in [4.78, 5) is 22.3. The predicted molar refractivity (Wildman–Crippen MR) is 113 cm³/mol. The van der Waals surface area contributed by atoms with Crippen LogP contribution >= 0.6 is 0 Å². The Morgan fingerprint density at radius 1 is 1.25 bits per heavy atom. The minimum absolute atomic E-state index is 0.163. The van der Waals surface area contributed by atoms with Crippen LogP contribution in [0.2, 0.25) is 0 Å². The molecule has 0 amide bonds. The fraction of sp³-hybridized carbons (Fsp3) is 0.348. The van der Waals surface area contributed by atoms with Gasteiger partial charge in [-0.3, -0.25) is 9.47 Å². The van der Waals surface area contributed by atoms with Crippen molar-refractivity contribution in [2.24, 2.45) is 0 Å². The minimum Gasteiger partial charge on any atom is -0.457 e. The highest BCUT2D eigenvalue weighted by Crippen LogP contribution is 2.30. The molecule has 1 aromatic carbocycles. The van der Waals surface area contributed by atoms with Gasteiger partial charge in [0.2, 0.25) is 0 Å². The first-order valence-electron chi connectivity index (χ1n) is 10.5. The molecule has 1 N–H and O–H groups in total. The summed E-state index contributed by atoms with van der Waals surface area (Å²) in [6.07, 6.45) is 1.82. The van der Waals surface area contributed by atoms with Gasteiger partial charge in [0.05, 0.1) is 5.56 Å². The second kappa shape index (κ2) is 8.40. The third kappa shape index (κ3) is 3.89. The first-order valence-corrected chi connectivity index (χ1v) is 10.5. The zero-order chi connectivity index (χ0) is 22.2. The zero-order valence-corrected chi connectivity index (χ0v) is 17.6. The Morgan fingerprint density at radius 3 is 2.88 bits per heavy atom. The van der Waals surface area contributed by atoms with Crippen molar-refractivity contribution in [2.75, 3.05) is 19.6 Å². The van der Waals surface area contributed by atoms with E-state index in [1.165, 1.54) is 22.7 Å². The van der Waals surface area contributed by atoms with E-state index in [-0.39, 0.29) is 17.7 Å². The molecule has 7 nitrogen and oxygen atoms in total. The van der Waals surface area contributed by atoms with E-state index in [1.54, 1.807) is 6.20 Å². The summed E-state index contributed by atoms with van der Waals surface area (Å²) in [7, 11) is 0. The quantitative estimate of drug-likeness (QED) is 0.615. The summed E-state index contributed by atoms with van der Waals surface area (Å²) in [5.74, 6) is 0.307. The monoisotopic (exact) mass is 439 g/mol. The van der Waals surface area contributed by atoms with Crippen LogP contribution in [0.15, 0.2) is 43.0 Å². The number of piperazine rings is 1. The summed E-state index contributed by atoms with van der Waals surface area (Å²) < 4.78 is 32.2. The van der Waals surface area contributed by atoms with E-state index < -0.39 is 6.43 Å². The van der Waals surface area contributed by atoms with E-state index in [4.69, 9.17) is 4.74 Å². The number of hydrogen-bond donors (Lipinski definition) is 1. The molecule has 1 unspecified atom stereocenters. The fourth-order valence-corrected chi connectivity index (χ4v) is 4.41. The number of ether oxygens (including phenoxy) is 1. The lowest BCUT2D eigenvalue weighted by Crippen LogP contribution is -2.45. The molecule has 4 heterocycles. The number of imidazole rings is 1. The van der Waals surface area contributed by atoms with E-state index in [0.717, 1.165) is 42.9 Å². The molecule has 0 radical (unpaired) electrons. The molecule has 2 aromatic heterocycles. The molecule has 0 spiro atoms. The lowest BCUT2D eigenvalue weighted by atomic mass is 9.93. The molecule has 1 atom stereocenters. The SMILES string of the molecule is Cc1c(C2CN(Cc3ccc(-n4cnc(C(F)F)c4)nc3)CCN2)ccc2c1COC2=O. The van der Waals surface area contributed by atoms with Crippen LogP contribution in [-0.4, -0.2) is 45.0 Å². The average Bonchev–Trinajstić information content (AvgIpc) is 3.43.